The average Bonchev–Trinajstić information content (AvgIpc) is 3.22. The molecule has 1 aliphatic carbocycles. The Bertz CT molecular complexity index is 1270. The zero-order valence-electron chi connectivity index (χ0n) is 17.3. The number of hydrogen-bond acceptors (Lipinski definition) is 5. The molecule has 0 spiro atoms. The summed E-state index contributed by atoms with van der Waals surface area (Å²) in [6.07, 6.45) is 3.04. The highest BCUT2D eigenvalue weighted by atomic mass is 32.2. The van der Waals surface area contributed by atoms with E-state index >= 15 is 0 Å². The summed E-state index contributed by atoms with van der Waals surface area (Å²) in [6, 6.07) is 12.9. The number of hydrogen-bond donors (Lipinski definition) is 1. The number of halogens is 1. The Morgan fingerprint density at radius 2 is 1.91 bits per heavy atom. The summed E-state index contributed by atoms with van der Waals surface area (Å²) in [4.78, 5) is 18.8. The van der Waals surface area contributed by atoms with Crippen LogP contribution in [0.3, 0.4) is 0 Å². The van der Waals surface area contributed by atoms with E-state index in [4.69, 9.17) is 0 Å². The standard InChI is InChI=1S/C23H22FN3O3S2/c24-17-8-10-18(11-9-17)32(29,30)27-13-3-5-16(14-27)22(28)26-23-25-21-19-6-2-1-4-15(19)7-12-20(21)31-23/h1-2,4,6,8-11,16H,3,5,7,12-14H2,(H,25,26,28). The largest absolute Gasteiger partial charge is 0.302 e. The Kier molecular flexibility index (Phi) is 5.56. The molecule has 1 unspecified atom stereocenters. The molecule has 0 radical (unpaired) electrons. The van der Waals surface area contributed by atoms with Crippen LogP contribution in [-0.4, -0.2) is 36.7 Å². The Balaban J connectivity index is 1.31. The first kappa shape index (κ1) is 21.2. The number of fused-ring (bicyclic) bond motifs is 3. The SMILES string of the molecule is O=C(Nc1nc2c(s1)CCc1ccccc1-2)C1CCCN(S(=O)(=O)c2ccc(F)cc2)C1. The number of carbonyl (C=O) groups excluding carboxylic acids is 1. The van der Waals surface area contributed by atoms with Gasteiger partial charge < -0.3 is 5.32 Å². The fourth-order valence-electron chi connectivity index (χ4n) is 4.34. The van der Waals surface area contributed by atoms with Crippen LogP contribution in [0.2, 0.25) is 0 Å². The van der Waals surface area contributed by atoms with Crippen molar-refractivity contribution in [3.63, 3.8) is 0 Å². The summed E-state index contributed by atoms with van der Waals surface area (Å²) in [5, 5.41) is 3.47. The van der Waals surface area contributed by atoms with Gasteiger partial charge in [0.25, 0.3) is 0 Å². The summed E-state index contributed by atoms with van der Waals surface area (Å²) in [5.41, 5.74) is 3.30. The molecule has 1 atom stereocenters. The summed E-state index contributed by atoms with van der Waals surface area (Å²) >= 11 is 1.49. The fourth-order valence-corrected chi connectivity index (χ4v) is 6.84. The number of piperidine rings is 1. The van der Waals surface area contributed by atoms with Crippen LogP contribution in [0.15, 0.2) is 53.4 Å². The third kappa shape index (κ3) is 3.96. The molecule has 1 aliphatic heterocycles. The maximum atomic E-state index is 13.2. The van der Waals surface area contributed by atoms with Crippen LogP contribution in [0, 0.1) is 11.7 Å². The number of nitrogens with one attached hydrogen (secondary N) is 1. The van der Waals surface area contributed by atoms with Gasteiger partial charge in [0.1, 0.15) is 5.82 Å². The molecule has 0 bridgehead atoms. The van der Waals surface area contributed by atoms with Crippen molar-refractivity contribution in [3.8, 4) is 11.3 Å². The molecule has 1 aromatic heterocycles. The van der Waals surface area contributed by atoms with E-state index in [0.717, 1.165) is 41.1 Å². The van der Waals surface area contributed by atoms with Crippen LogP contribution in [0.4, 0.5) is 9.52 Å². The van der Waals surface area contributed by atoms with Crippen molar-refractivity contribution in [2.45, 2.75) is 30.6 Å². The summed E-state index contributed by atoms with van der Waals surface area (Å²) in [5.74, 6) is -1.18. The Hall–Kier alpha value is -2.62. The van der Waals surface area contributed by atoms with Gasteiger partial charge in [0.2, 0.25) is 15.9 Å². The lowest BCUT2D eigenvalue weighted by Gasteiger charge is -2.31. The number of benzene rings is 2. The molecule has 32 heavy (non-hydrogen) atoms. The second-order valence-corrected chi connectivity index (χ2v) is 11.1. The van der Waals surface area contributed by atoms with E-state index in [1.807, 2.05) is 12.1 Å². The number of amides is 1. The molecule has 2 aliphatic rings. The topological polar surface area (TPSA) is 79.4 Å². The molecule has 1 N–H and O–H groups in total. The van der Waals surface area contributed by atoms with E-state index in [2.05, 4.69) is 22.4 Å². The summed E-state index contributed by atoms with van der Waals surface area (Å²) < 4.78 is 40.4. The number of thiazole rings is 1. The normalized spacial score (nSPS) is 18.6. The zero-order valence-corrected chi connectivity index (χ0v) is 18.9. The van der Waals surface area contributed by atoms with E-state index < -0.39 is 21.8 Å². The van der Waals surface area contributed by atoms with Crippen molar-refractivity contribution in [1.82, 2.24) is 9.29 Å². The summed E-state index contributed by atoms with van der Waals surface area (Å²) in [6.45, 7) is 0.436. The maximum Gasteiger partial charge on any atom is 0.243 e. The number of rotatable bonds is 4. The number of carbonyl (C=O) groups is 1. The second kappa shape index (κ2) is 8.38. The molecule has 1 fully saturated rings. The van der Waals surface area contributed by atoms with Gasteiger partial charge in [0, 0.05) is 23.5 Å². The highest BCUT2D eigenvalue weighted by molar-refractivity contribution is 7.89. The zero-order chi connectivity index (χ0) is 22.3. The third-order valence-electron chi connectivity index (χ3n) is 6.03. The second-order valence-electron chi connectivity index (χ2n) is 8.09. The first-order chi connectivity index (χ1) is 15.4. The van der Waals surface area contributed by atoms with Gasteiger partial charge in [-0.25, -0.2) is 17.8 Å². The van der Waals surface area contributed by atoms with Gasteiger partial charge in [-0.1, -0.05) is 24.3 Å². The first-order valence-electron chi connectivity index (χ1n) is 10.6. The van der Waals surface area contributed by atoms with E-state index in [1.54, 1.807) is 0 Å². The molecule has 2 aromatic carbocycles. The van der Waals surface area contributed by atoms with Crippen molar-refractivity contribution in [3.05, 3.63) is 64.8 Å². The van der Waals surface area contributed by atoms with Gasteiger partial charge in [0.05, 0.1) is 16.5 Å². The van der Waals surface area contributed by atoms with Crippen LogP contribution < -0.4 is 5.32 Å². The molecule has 6 nitrogen and oxygen atoms in total. The number of anilines is 1. The van der Waals surface area contributed by atoms with Crippen molar-refractivity contribution >= 4 is 32.4 Å². The van der Waals surface area contributed by atoms with E-state index in [9.17, 15) is 17.6 Å². The monoisotopic (exact) mass is 471 g/mol. The van der Waals surface area contributed by atoms with Crippen LogP contribution in [0.25, 0.3) is 11.3 Å². The minimum Gasteiger partial charge on any atom is -0.302 e. The van der Waals surface area contributed by atoms with Gasteiger partial charge in [-0.15, -0.1) is 11.3 Å². The predicted molar refractivity (Wildman–Crippen MR) is 121 cm³/mol. The molecule has 3 aromatic rings. The predicted octanol–water partition coefficient (Wildman–Crippen LogP) is 4.09. The van der Waals surface area contributed by atoms with Gasteiger partial charge in [0.15, 0.2) is 5.13 Å². The van der Waals surface area contributed by atoms with Crippen LogP contribution >= 0.6 is 11.3 Å². The minimum absolute atomic E-state index is 0.0335. The highest BCUT2D eigenvalue weighted by Crippen LogP contribution is 2.38. The van der Waals surface area contributed by atoms with Crippen molar-refractivity contribution in [1.29, 1.82) is 0 Å². The lowest BCUT2D eigenvalue weighted by Crippen LogP contribution is -2.43. The number of sulfonamides is 1. The molecular weight excluding hydrogens is 449 g/mol. The van der Waals surface area contributed by atoms with Gasteiger partial charge >= 0.3 is 0 Å². The lowest BCUT2D eigenvalue weighted by molar-refractivity contribution is -0.120. The molecule has 5 rings (SSSR count). The third-order valence-corrected chi connectivity index (χ3v) is 8.94. The Morgan fingerprint density at radius 3 is 2.72 bits per heavy atom. The lowest BCUT2D eigenvalue weighted by atomic mass is 9.94. The minimum atomic E-state index is -3.78. The van der Waals surface area contributed by atoms with E-state index in [-0.39, 0.29) is 17.3 Å². The maximum absolute atomic E-state index is 13.2. The van der Waals surface area contributed by atoms with Crippen LogP contribution in [0.1, 0.15) is 23.3 Å². The van der Waals surface area contributed by atoms with Crippen LogP contribution in [0.5, 0.6) is 0 Å². The Labute approximate surface area is 190 Å². The molecule has 166 valence electrons. The van der Waals surface area contributed by atoms with E-state index in [1.165, 1.54) is 33.3 Å². The molecule has 0 saturated carbocycles. The first-order valence-corrected chi connectivity index (χ1v) is 12.8. The fraction of sp³-hybridized carbons (Fsp3) is 0.304. The quantitative estimate of drug-likeness (QED) is 0.622. The van der Waals surface area contributed by atoms with E-state index in [0.29, 0.717) is 24.5 Å². The smallest absolute Gasteiger partial charge is 0.243 e. The van der Waals surface area contributed by atoms with Crippen molar-refractivity contribution in [2.75, 3.05) is 18.4 Å². The van der Waals surface area contributed by atoms with Gasteiger partial charge in [-0.05, 0) is 55.5 Å². The van der Waals surface area contributed by atoms with Gasteiger partial charge in [-0.3, -0.25) is 4.79 Å². The molecule has 9 heteroatoms. The average molecular weight is 472 g/mol. The van der Waals surface area contributed by atoms with Crippen molar-refractivity contribution < 1.29 is 17.6 Å². The highest BCUT2D eigenvalue weighted by Gasteiger charge is 2.34. The summed E-state index contributed by atoms with van der Waals surface area (Å²) in [7, 11) is -3.78. The Morgan fingerprint density at radius 1 is 1.12 bits per heavy atom. The molecule has 2 heterocycles. The molecule has 1 amide bonds. The van der Waals surface area contributed by atoms with Gasteiger partial charge in [-0.2, -0.15) is 4.31 Å². The number of nitrogens with zero attached hydrogens (tertiary/aromatic N) is 2. The molecular formula is C23H22FN3O3S2. The number of aryl methyl sites for hydroxylation is 2. The molecule has 1 saturated heterocycles. The number of aromatic nitrogens is 1. The van der Waals surface area contributed by atoms with Crippen LogP contribution in [-0.2, 0) is 27.7 Å². The van der Waals surface area contributed by atoms with Crippen molar-refractivity contribution in [2.24, 2.45) is 5.92 Å².